The molecule has 2 rings (SSSR count). The van der Waals surface area contributed by atoms with Crippen LogP contribution in [0.5, 0.6) is 0 Å². The molecule has 5 heteroatoms. The Morgan fingerprint density at radius 3 is 2.73 bits per heavy atom. The molecule has 15 heavy (non-hydrogen) atoms. The number of rotatable bonds is 2. The Morgan fingerprint density at radius 1 is 1.20 bits per heavy atom. The SMILES string of the molecule is NCCc1nc(Cl)c2cc(Cl)ccc2n1. The van der Waals surface area contributed by atoms with Crippen LogP contribution in [0.4, 0.5) is 0 Å². The van der Waals surface area contributed by atoms with Gasteiger partial charge in [-0.1, -0.05) is 23.2 Å². The molecule has 0 unspecified atom stereocenters. The molecule has 0 saturated carbocycles. The number of nitrogens with zero attached hydrogens (tertiary/aromatic N) is 2. The van der Waals surface area contributed by atoms with Crippen LogP contribution in [0, 0.1) is 0 Å². The number of nitrogens with two attached hydrogens (primary N) is 1. The molecular formula is C10H9Cl2N3. The van der Waals surface area contributed by atoms with E-state index in [2.05, 4.69) is 9.97 Å². The molecule has 0 saturated heterocycles. The second-order valence-electron chi connectivity index (χ2n) is 3.13. The van der Waals surface area contributed by atoms with Gasteiger partial charge in [0, 0.05) is 16.8 Å². The third-order valence-electron chi connectivity index (χ3n) is 2.03. The highest BCUT2D eigenvalue weighted by atomic mass is 35.5. The van der Waals surface area contributed by atoms with Gasteiger partial charge < -0.3 is 5.73 Å². The Hall–Kier alpha value is -0.900. The summed E-state index contributed by atoms with van der Waals surface area (Å²) in [6.07, 6.45) is 0.623. The van der Waals surface area contributed by atoms with Crippen LogP contribution in [0.2, 0.25) is 10.2 Å². The van der Waals surface area contributed by atoms with Crippen molar-refractivity contribution in [3.8, 4) is 0 Å². The molecule has 0 fully saturated rings. The topological polar surface area (TPSA) is 51.8 Å². The fraction of sp³-hybridized carbons (Fsp3) is 0.200. The van der Waals surface area contributed by atoms with Crippen molar-refractivity contribution in [3.63, 3.8) is 0 Å². The molecule has 0 bridgehead atoms. The first-order valence-electron chi connectivity index (χ1n) is 4.52. The summed E-state index contributed by atoms with van der Waals surface area (Å²) < 4.78 is 0. The van der Waals surface area contributed by atoms with Crippen molar-refractivity contribution >= 4 is 34.1 Å². The third kappa shape index (κ3) is 2.20. The van der Waals surface area contributed by atoms with E-state index in [9.17, 15) is 0 Å². The minimum Gasteiger partial charge on any atom is -0.330 e. The average Bonchev–Trinajstić information content (AvgIpc) is 2.20. The summed E-state index contributed by atoms with van der Waals surface area (Å²) in [5, 5.41) is 1.82. The summed E-state index contributed by atoms with van der Waals surface area (Å²) in [6, 6.07) is 5.36. The lowest BCUT2D eigenvalue weighted by Crippen LogP contribution is -2.06. The standard InChI is InChI=1S/C10H9Cl2N3/c11-6-1-2-8-7(5-6)10(12)15-9(14-8)3-4-13/h1-2,5H,3-4,13H2. The van der Waals surface area contributed by atoms with E-state index in [-0.39, 0.29) is 0 Å². The summed E-state index contributed by atoms with van der Waals surface area (Å²) in [4.78, 5) is 8.48. The molecule has 1 heterocycles. The molecule has 0 spiro atoms. The summed E-state index contributed by atoms with van der Waals surface area (Å²) in [5.41, 5.74) is 6.23. The van der Waals surface area contributed by atoms with Crippen LogP contribution in [-0.4, -0.2) is 16.5 Å². The molecule has 0 atom stereocenters. The third-order valence-corrected chi connectivity index (χ3v) is 2.55. The minimum absolute atomic E-state index is 0.422. The normalized spacial score (nSPS) is 10.9. The quantitative estimate of drug-likeness (QED) is 0.823. The molecule has 0 aliphatic carbocycles. The molecular weight excluding hydrogens is 233 g/mol. The van der Waals surface area contributed by atoms with Crippen molar-refractivity contribution in [1.29, 1.82) is 0 Å². The van der Waals surface area contributed by atoms with E-state index in [1.165, 1.54) is 0 Å². The van der Waals surface area contributed by atoms with Crippen LogP contribution in [0.1, 0.15) is 5.82 Å². The summed E-state index contributed by atoms with van der Waals surface area (Å²) in [5.74, 6) is 0.664. The number of hydrogen-bond donors (Lipinski definition) is 1. The first-order valence-corrected chi connectivity index (χ1v) is 5.28. The van der Waals surface area contributed by atoms with E-state index < -0.39 is 0 Å². The maximum atomic E-state index is 6.02. The second kappa shape index (κ2) is 4.31. The molecule has 3 nitrogen and oxygen atoms in total. The largest absolute Gasteiger partial charge is 0.330 e. The van der Waals surface area contributed by atoms with E-state index >= 15 is 0 Å². The van der Waals surface area contributed by atoms with Gasteiger partial charge in [0.05, 0.1) is 5.52 Å². The lowest BCUT2D eigenvalue weighted by Gasteiger charge is -2.03. The lowest BCUT2D eigenvalue weighted by atomic mass is 10.2. The Morgan fingerprint density at radius 2 is 2.00 bits per heavy atom. The van der Waals surface area contributed by atoms with Gasteiger partial charge in [0.1, 0.15) is 11.0 Å². The molecule has 0 aliphatic heterocycles. The maximum absolute atomic E-state index is 6.02. The first kappa shape index (κ1) is 10.6. The Balaban J connectivity index is 2.62. The van der Waals surface area contributed by atoms with Crippen LogP contribution in [-0.2, 0) is 6.42 Å². The van der Waals surface area contributed by atoms with Gasteiger partial charge >= 0.3 is 0 Å². The minimum atomic E-state index is 0.422. The zero-order valence-electron chi connectivity index (χ0n) is 7.87. The van der Waals surface area contributed by atoms with E-state index in [0.717, 1.165) is 10.9 Å². The van der Waals surface area contributed by atoms with Gasteiger partial charge in [0.25, 0.3) is 0 Å². The predicted molar refractivity (Wildman–Crippen MR) is 62.3 cm³/mol. The molecule has 1 aromatic heterocycles. The van der Waals surface area contributed by atoms with Crippen molar-refractivity contribution in [2.45, 2.75) is 6.42 Å². The highest BCUT2D eigenvalue weighted by Gasteiger charge is 2.05. The van der Waals surface area contributed by atoms with E-state index in [4.69, 9.17) is 28.9 Å². The zero-order chi connectivity index (χ0) is 10.8. The number of halogens is 2. The highest BCUT2D eigenvalue weighted by Crippen LogP contribution is 2.23. The Bertz CT molecular complexity index is 499. The van der Waals surface area contributed by atoms with Crippen LogP contribution in [0.25, 0.3) is 10.9 Å². The van der Waals surface area contributed by atoms with Crippen molar-refractivity contribution in [2.24, 2.45) is 5.73 Å². The maximum Gasteiger partial charge on any atom is 0.140 e. The molecule has 0 aliphatic rings. The Kier molecular flexibility index (Phi) is 3.05. The molecule has 1 aromatic carbocycles. The van der Waals surface area contributed by atoms with E-state index in [0.29, 0.717) is 29.0 Å². The van der Waals surface area contributed by atoms with Gasteiger partial charge in [-0.15, -0.1) is 0 Å². The molecule has 2 aromatic rings. The van der Waals surface area contributed by atoms with Crippen molar-refractivity contribution in [2.75, 3.05) is 6.54 Å². The number of benzene rings is 1. The smallest absolute Gasteiger partial charge is 0.140 e. The Labute approximate surface area is 97.2 Å². The monoisotopic (exact) mass is 241 g/mol. The lowest BCUT2D eigenvalue weighted by molar-refractivity contribution is 0.879. The average molecular weight is 242 g/mol. The van der Waals surface area contributed by atoms with Crippen LogP contribution < -0.4 is 5.73 Å². The zero-order valence-corrected chi connectivity index (χ0v) is 9.39. The molecule has 0 amide bonds. The fourth-order valence-corrected chi connectivity index (χ4v) is 1.77. The summed E-state index contributed by atoms with van der Waals surface area (Å²) >= 11 is 11.9. The van der Waals surface area contributed by atoms with Gasteiger partial charge in [-0.05, 0) is 24.7 Å². The first-order chi connectivity index (χ1) is 7.20. The van der Waals surface area contributed by atoms with Gasteiger partial charge in [0.15, 0.2) is 0 Å². The molecule has 0 radical (unpaired) electrons. The summed E-state index contributed by atoms with van der Waals surface area (Å²) in [7, 11) is 0. The van der Waals surface area contributed by atoms with Gasteiger partial charge in [-0.25, -0.2) is 9.97 Å². The highest BCUT2D eigenvalue weighted by molar-refractivity contribution is 6.35. The molecule has 78 valence electrons. The van der Waals surface area contributed by atoms with E-state index in [1.54, 1.807) is 12.1 Å². The van der Waals surface area contributed by atoms with Crippen LogP contribution in [0.15, 0.2) is 18.2 Å². The molecule has 2 N–H and O–H groups in total. The number of hydrogen-bond acceptors (Lipinski definition) is 3. The summed E-state index contributed by atoms with van der Waals surface area (Å²) in [6.45, 7) is 0.509. The van der Waals surface area contributed by atoms with Crippen LogP contribution in [0.3, 0.4) is 0 Å². The van der Waals surface area contributed by atoms with Crippen LogP contribution >= 0.6 is 23.2 Å². The van der Waals surface area contributed by atoms with Crippen molar-refractivity contribution in [3.05, 3.63) is 34.2 Å². The van der Waals surface area contributed by atoms with Crippen molar-refractivity contribution < 1.29 is 0 Å². The number of fused-ring (bicyclic) bond motifs is 1. The van der Waals surface area contributed by atoms with E-state index in [1.807, 2.05) is 6.07 Å². The predicted octanol–water partition coefficient (Wildman–Crippen LogP) is 2.44. The number of aromatic nitrogens is 2. The van der Waals surface area contributed by atoms with Crippen molar-refractivity contribution in [1.82, 2.24) is 9.97 Å². The van der Waals surface area contributed by atoms with Gasteiger partial charge in [0.2, 0.25) is 0 Å². The second-order valence-corrected chi connectivity index (χ2v) is 3.93. The fourth-order valence-electron chi connectivity index (χ4n) is 1.35. The van der Waals surface area contributed by atoms with Gasteiger partial charge in [-0.2, -0.15) is 0 Å². The van der Waals surface area contributed by atoms with Gasteiger partial charge in [-0.3, -0.25) is 0 Å².